The van der Waals surface area contributed by atoms with Crippen molar-refractivity contribution in [1.82, 2.24) is 0 Å². The van der Waals surface area contributed by atoms with Crippen molar-refractivity contribution in [3.05, 3.63) is 48.0 Å². The molecule has 0 radical (unpaired) electrons. The van der Waals surface area contributed by atoms with Crippen LogP contribution in [0.2, 0.25) is 0 Å². The van der Waals surface area contributed by atoms with Gasteiger partial charge in [-0.2, -0.15) is 13.2 Å². The summed E-state index contributed by atoms with van der Waals surface area (Å²) in [4.78, 5) is 0. The Balaban J connectivity index is 1.60. The van der Waals surface area contributed by atoms with Crippen LogP contribution in [0.4, 0.5) is 22.0 Å². The van der Waals surface area contributed by atoms with Crippen LogP contribution in [0.15, 0.2) is 36.9 Å². The fraction of sp³-hybridized carbons (Fsp3) is 0.619. The summed E-state index contributed by atoms with van der Waals surface area (Å²) in [6.45, 7) is 3.65. The van der Waals surface area contributed by atoms with Gasteiger partial charge in [0.15, 0.2) is 0 Å². The first-order chi connectivity index (χ1) is 12.2. The second-order valence-electron chi connectivity index (χ2n) is 7.88. The maximum Gasteiger partial charge on any atom is 0.416 e. The zero-order valence-corrected chi connectivity index (χ0v) is 14.7. The molecule has 0 bridgehead atoms. The van der Waals surface area contributed by atoms with Crippen LogP contribution in [0.25, 0.3) is 0 Å². The third-order valence-electron chi connectivity index (χ3n) is 6.31. The second kappa shape index (κ2) is 7.32. The maximum atomic E-state index is 14.5. The molecule has 0 aliphatic heterocycles. The predicted octanol–water partition coefficient (Wildman–Crippen LogP) is 7.22. The lowest BCUT2D eigenvalue weighted by atomic mass is 9.66. The number of halogens is 5. The van der Waals surface area contributed by atoms with Crippen molar-refractivity contribution in [3.8, 4) is 0 Å². The summed E-state index contributed by atoms with van der Waals surface area (Å²) in [7, 11) is 0. The third kappa shape index (κ3) is 4.12. The van der Waals surface area contributed by atoms with Crippen LogP contribution < -0.4 is 0 Å². The SMILES string of the molecule is C=CC1CCC(C2CCC(c3ccc(C(F)(F)F)cc3)CC2)C(F)(F)C1. The van der Waals surface area contributed by atoms with Crippen LogP contribution in [-0.4, -0.2) is 5.92 Å². The first kappa shape index (κ1) is 19.4. The molecule has 2 atom stereocenters. The van der Waals surface area contributed by atoms with E-state index in [1.807, 2.05) is 0 Å². The Morgan fingerprint density at radius 2 is 1.54 bits per heavy atom. The number of hydrogen-bond acceptors (Lipinski definition) is 0. The fourth-order valence-corrected chi connectivity index (χ4v) is 4.79. The van der Waals surface area contributed by atoms with Crippen LogP contribution in [0.5, 0.6) is 0 Å². The molecule has 2 unspecified atom stereocenters. The third-order valence-corrected chi connectivity index (χ3v) is 6.31. The van der Waals surface area contributed by atoms with E-state index in [1.165, 1.54) is 12.1 Å². The summed E-state index contributed by atoms with van der Waals surface area (Å²) in [5, 5.41) is 0. The van der Waals surface area contributed by atoms with Gasteiger partial charge in [-0.1, -0.05) is 18.2 Å². The minimum absolute atomic E-state index is 0.0152. The van der Waals surface area contributed by atoms with Crippen LogP contribution in [-0.2, 0) is 6.18 Å². The van der Waals surface area contributed by atoms with Gasteiger partial charge in [0.1, 0.15) is 0 Å². The highest BCUT2D eigenvalue weighted by Crippen LogP contribution is 2.50. The molecule has 1 aromatic rings. The Hall–Kier alpha value is -1.39. The molecule has 2 saturated carbocycles. The van der Waals surface area contributed by atoms with Gasteiger partial charge in [0.05, 0.1) is 5.56 Å². The monoisotopic (exact) mass is 372 g/mol. The van der Waals surface area contributed by atoms with E-state index in [-0.39, 0.29) is 24.2 Å². The molecule has 0 nitrogen and oxygen atoms in total. The Labute approximate surface area is 151 Å². The van der Waals surface area contributed by atoms with Gasteiger partial charge >= 0.3 is 6.18 Å². The lowest BCUT2D eigenvalue weighted by molar-refractivity contribution is -0.137. The normalized spacial score (nSPS) is 32.2. The molecule has 1 aromatic carbocycles. The van der Waals surface area contributed by atoms with Gasteiger partial charge in [-0.05, 0) is 74.0 Å². The summed E-state index contributed by atoms with van der Waals surface area (Å²) in [5.41, 5.74) is 0.243. The van der Waals surface area contributed by atoms with E-state index in [2.05, 4.69) is 6.58 Å². The van der Waals surface area contributed by atoms with E-state index < -0.39 is 23.6 Å². The number of hydrogen-bond donors (Lipinski definition) is 0. The highest BCUT2D eigenvalue weighted by Gasteiger charge is 2.48. The summed E-state index contributed by atoms with van der Waals surface area (Å²) in [6, 6.07) is 5.31. The highest BCUT2D eigenvalue weighted by molar-refractivity contribution is 5.27. The van der Waals surface area contributed by atoms with Gasteiger partial charge in [-0.15, -0.1) is 6.58 Å². The molecule has 0 aromatic heterocycles. The van der Waals surface area contributed by atoms with E-state index >= 15 is 0 Å². The zero-order chi connectivity index (χ0) is 18.9. The van der Waals surface area contributed by atoms with Gasteiger partial charge in [0.2, 0.25) is 0 Å². The molecule has 0 N–H and O–H groups in total. The van der Waals surface area contributed by atoms with Crippen molar-refractivity contribution in [2.75, 3.05) is 0 Å². The smallest absolute Gasteiger partial charge is 0.207 e. The Bertz CT molecular complexity index is 608. The summed E-state index contributed by atoms with van der Waals surface area (Å²) in [6.07, 6.45) is 1.54. The average molecular weight is 372 g/mol. The van der Waals surface area contributed by atoms with Crippen molar-refractivity contribution < 1.29 is 22.0 Å². The lowest BCUT2D eigenvalue weighted by Crippen LogP contribution is -2.40. The lowest BCUT2D eigenvalue weighted by Gasteiger charge is -2.42. The molecule has 2 aliphatic carbocycles. The summed E-state index contributed by atoms with van der Waals surface area (Å²) < 4.78 is 67.0. The van der Waals surface area contributed by atoms with Crippen molar-refractivity contribution in [2.45, 2.75) is 63.0 Å². The average Bonchev–Trinajstić information content (AvgIpc) is 2.60. The molecule has 0 saturated heterocycles. The van der Waals surface area contributed by atoms with Crippen molar-refractivity contribution >= 4 is 0 Å². The molecule has 0 spiro atoms. The zero-order valence-electron chi connectivity index (χ0n) is 14.7. The van der Waals surface area contributed by atoms with E-state index in [4.69, 9.17) is 0 Å². The molecule has 0 heterocycles. The van der Waals surface area contributed by atoms with Gasteiger partial charge in [-0.25, -0.2) is 8.78 Å². The van der Waals surface area contributed by atoms with Crippen LogP contribution in [0.3, 0.4) is 0 Å². The van der Waals surface area contributed by atoms with Crippen LogP contribution in [0, 0.1) is 17.8 Å². The largest absolute Gasteiger partial charge is 0.416 e. The molecule has 2 aliphatic rings. The number of rotatable bonds is 3. The Kier molecular flexibility index (Phi) is 5.45. The summed E-state index contributed by atoms with van der Waals surface area (Å²) in [5.74, 6) is -3.10. The van der Waals surface area contributed by atoms with E-state index in [1.54, 1.807) is 6.08 Å². The molecule has 5 heteroatoms. The predicted molar refractivity (Wildman–Crippen MR) is 92.1 cm³/mol. The molecule has 2 fully saturated rings. The van der Waals surface area contributed by atoms with E-state index in [9.17, 15) is 22.0 Å². The van der Waals surface area contributed by atoms with E-state index in [0.717, 1.165) is 49.8 Å². The standard InChI is InChI=1S/C21H25F5/c1-2-14-3-12-19(20(22,23)13-14)17-6-4-15(5-7-17)16-8-10-18(11-9-16)21(24,25)26/h2,8-11,14-15,17,19H,1,3-7,12-13H2. The van der Waals surface area contributed by atoms with E-state index in [0.29, 0.717) is 6.42 Å². The molecule has 3 rings (SSSR count). The van der Waals surface area contributed by atoms with Crippen molar-refractivity contribution in [3.63, 3.8) is 0 Å². The molecular weight excluding hydrogens is 347 g/mol. The van der Waals surface area contributed by atoms with Crippen molar-refractivity contribution in [1.29, 1.82) is 0 Å². The molecule has 144 valence electrons. The van der Waals surface area contributed by atoms with Gasteiger partial charge < -0.3 is 0 Å². The summed E-state index contributed by atoms with van der Waals surface area (Å²) >= 11 is 0. The second-order valence-corrected chi connectivity index (χ2v) is 7.88. The van der Waals surface area contributed by atoms with Gasteiger partial charge in [0, 0.05) is 12.3 Å². The van der Waals surface area contributed by atoms with Gasteiger partial charge in [0.25, 0.3) is 5.92 Å². The Morgan fingerprint density at radius 3 is 2.04 bits per heavy atom. The highest BCUT2D eigenvalue weighted by atomic mass is 19.4. The number of alkyl halides is 5. The topological polar surface area (TPSA) is 0 Å². The molecular formula is C21H25F5. The molecule has 26 heavy (non-hydrogen) atoms. The fourth-order valence-electron chi connectivity index (χ4n) is 4.79. The minimum atomic E-state index is -4.33. The van der Waals surface area contributed by atoms with Gasteiger partial charge in [-0.3, -0.25) is 0 Å². The van der Waals surface area contributed by atoms with Crippen LogP contribution >= 0.6 is 0 Å². The maximum absolute atomic E-state index is 14.5. The quantitative estimate of drug-likeness (QED) is 0.388. The Morgan fingerprint density at radius 1 is 0.923 bits per heavy atom. The van der Waals surface area contributed by atoms with Crippen LogP contribution in [0.1, 0.15) is 62.0 Å². The minimum Gasteiger partial charge on any atom is -0.207 e. The van der Waals surface area contributed by atoms with Crippen molar-refractivity contribution in [2.24, 2.45) is 17.8 Å². The first-order valence-corrected chi connectivity index (χ1v) is 9.38. The number of allylic oxidation sites excluding steroid dienone is 1. The number of benzene rings is 1. The first-order valence-electron chi connectivity index (χ1n) is 9.38. The molecule has 0 amide bonds.